The summed E-state index contributed by atoms with van der Waals surface area (Å²) < 4.78 is 7.87. The number of hydrogen-bond donors (Lipinski definition) is 0. The van der Waals surface area contributed by atoms with Crippen LogP contribution in [0.15, 0.2) is 4.42 Å². The van der Waals surface area contributed by atoms with Gasteiger partial charge in [0.2, 0.25) is 11.8 Å². The van der Waals surface area contributed by atoms with Gasteiger partial charge in [0, 0.05) is 12.0 Å². The first-order chi connectivity index (χ1) is 11.2. The Morgan fingerprint density at radius 1 is 1.13 bits per heavy atom. The van der Waals surface area contributed by atoms with E-state index in [0.29, 0.717) is 12.0 Å². The van der Waals surface area contributed by atoms with Gasteiger partial charge in [-0.3, -0.25) is 4.90 Å². The highest BCUT2D eigenvalue weighted by Crippen LogP contribution is 2.39. The van der Waals surface area contributed by atoms with Crippen LogP contribution in [0.5, 0.6) is 0 Å². The van der Waals surface area contributed by atoms with Crippen LogP contribution in [0.25, 0.3) is 0 Å². The lowest BCUT2D eigenvalue weighted by atomic mass is 10.0. The number of aryl methyl sites for hydroxylation is 2. The quantitative estimate of drug-likeness (QED) is 0.842. The predicted molar refractivity (Wildman–Crippen MR) is 83.8 cm³/mol. The van der Waals surface area contributed by atoms with Crippen molar-refractivity contribution in [2.24, 2.45) is 0 Å². The van der Waals surface area contributed by atoms with E-state index >= 15 is 0 Å². The average Bonchev–Trinajstić information content (AvgIpc) is 3.20. The normalized spacial score (nSPS) is 22.6. The topological polar surface area (TPSA) is 72.9 Å². The Balaban J connectivity index is 1.44. The molecule has 4 rings (SSSR count). The van der Waals surface area contributed by atoms with Crippen molar-refractivity contribution in [1.29, 1.82) is 0 Å². The van der Waals surface area contributed by atoms with E-state index in [1.165, 1.54) is 32.1 Å². The molecule has 1 aliphatic carbocycles. The van der Waals surface area contributed by atoms with Crippen molar-refractivity contribution in [3.63, 3.8) is 0 Å². The van der Waals surface area contributed by atoms with E-state index in [0.717, 1.165) is 43.1 Å². The fourth-order valence-corrected chi connectivity index (χ4v) is 3.41. The van der Waals surface area contributed by atoms with Gasteiger partial charge in [-0.25, -0.2) is 9.67 Å². The molecule has 0 amide bonds. The van der Waals surface area contributed by atoms with Crippen molar-refractivity contribution >= 4 is 0 Å². The summed E-state index contributed by atoms with van der Waals surface area (Å²) in [7, 11) is 0. The summed E-state index contributed by atoms with van der Waals surface area (Å²) in [6, 6.07) is 0.458. The second-order valence-corrected chi connectivity index (χ2v) is 6.82. The zero-order chi connectivity index (χ0) is 15.8. The highest BCUT2D eigenvalue weighted by molar-refractivity contribution is 5.00. The summed E-state index contributed by atoms with van der Waals surface area (Å²) in [4.78, 5) is 6.87. The van der Waals surface area contributed by atoms with Gasteiger partial charge in [-0.2, -0.15) is 5.10 Å². The number of piperidine rings is 1. The number of nitrogens with zero attached hydrogens (tertiary/aromatic N) is 6. The highest BCUT2D eigenvalue weighted by atomic mass is 16.4. The Hall–Kier alpha value is -1.76. The Morgan fingerprint density at radius 3 is 2.74 bits per heavy atom. The van der Waals surface area contributed by atoms with Crippen LogP contribution >= 0.6 is 0 Å². The largest absolute Gasteiger partial charge is 0.424 e. The molecule has 7 nitrogen and oxygen atoms in total. The first-order valence-electron chi connectivity index (χ1n) is 8.63. The second kappa shape index (κ2) is 6.03. The molecule has 0 radical (unpaired) electrons. The minimum absolute atomic E-state index is 0.458. The minimum Gasteiger partial charge on any atom is -0.424 e. The summed E-state index contributed by atoms with van der Waals surface area (Å²) in [5.74, 6) is 3.94. The molecule has 3 heterocycles. The third-order valence-corrected chi connectivity index (χ3v) is 4.84. The monoisotopic (exact) mass is 316 g/mol. The second-order valence-electron chi connectivity index (χ2n) is 6.82. The van der Waals surface area contributed by atoms with E-state index in [1.807, 2.05) is 18.5 Å². The van der Waals surface area contributed by atoms with E-state index in [9.17, 15) is 0 Å². The van der Waals surface area contributed by atoms with Crippen LogP contribution in [-0.4, -0.2) is 42.4 Å². The molecule has 2 fully saturated rings. The third kappa shape index (κ3) is 3.29. The van der Waals surface area contributed by atoms with Crippen molar-refractivity contribution in [2.45, 2.75) is 71.0 Å². The molecule has 1 aliphatic heterocycles. The van der Waals surface area contributed by atoms with Crippen LogP contribution in [0.1, 0.15) is 61.5 Å². The standard InChI is InChI=1S/C16H24N6O/c1-11-17-12(2)22(20-11)9-14-5-3-4-8-21(14)10-15-18-19-16(23-15)13-6-7-13/h13-14H,3-10H2,1-2H3/t14-/m0/s1. The molecule has 0 unspecified atom stereocenters. The first kappa shape index (κ1) is 14.8. The maximum atomic E-state index is 5.84. The molecular weight excluding hydrogens is 292 g/mol. The molecule has 7 heteroatoms. The van der Waals surface area contributed by atoms with E-state index in [4.69, 9.17) is 4.42 Å². The first-order valence-corrected chi connectivity index (χ1v) is 8.63. The van der Waals surface area contributed by atoms with Gasteiger partial charge in [-0.05, 0) is 46.1 Å². The lowest BCUT2D eigenvalue weighted by Gasteiger charge is -2.34. The van der Waals surface area contributed by atoms with E-state index in [1.54, 1.807) is 0 Å². The number of aromatic nitrogens is 5. The molecule has 124 valence electrons. The zero-order valence-electron chi connectivity index (χ0n) is 13.9. The van der Waals surface area contributed by atoms with E-state index in [2.05, 4.69) is 25.2 Å². The molecule has 23 heavy (non-hydrogen) atoms. The molecule has 2 aromatic heterocycles. The Bertz CT molecular complexity index is 674. The van der Waals surface area contributed by atoms with Gasteiger partial charge in [-0.15, -0.1) is 10.2 Å². The molecule has 0 bridgehead atoms. The summed E-state index contributed by atoms with van der Waals surface area (Å²) in [6.45, 7) is 6.68. The Kier molecular flexibility index (Phi) is 3.88. The Labute approximate surface area is 136 Å². The van der Waals surface area contributed by atoms with Crippen molar-refractivity contribution in [3.8, 4) is 0 Å². The molecular formula is C16H24N6O. The van der Waals surface area contributed by atoms with Gasteiger partial charge in [0.15, 0.2) is 0 Å². The molecule has 1 atom stereocenters. The fourth-order valence-electron chi connectivity index (χ4n) is 3.41. The predicted octanol–water partition coefficient (Wildman–Crippen LogP) is 2.21. The van der Waals surface area contributed by atoms with Crippen LogP contribution in [0, 0.1) is 13.8 Å². The van der Waals surface area contributed by atoms with Gasteiger partial charge in [0.1, 0.15) is 11.6 Å². The fraction of sp³-hybridized carbons (Fsp3) is 0.750. The maximum absolute atomic E-state index is 5.84. The molecule has 0 N–H and O–H groups in total. The van der Waals surface area contributed by atoms with Gasteiger partial charge >= 0.3 is 0 Å². The highest BCUT2D eigenvalue weighted by Gasteiger charge is 2.30. The zero-order valence-corrected chi connectivity index (χ0v) is 13.9. The smallest absolute Gasteiger partial charge is 0.230 e. The van der Waals surface area contributed by atoms with Crippen molar-refractivity contribution in [2.75, 3.05) is 6.54 Å². The molecule has 2 aliphatic rings. The van der Waals surface area contributed by atoms with Crippen LogP contribution in [0.2, 0.25) is 0 Å². The molecule has 1 saturated carbocycles. The van der Waals surface area contributed by atoms with Crippen molar-refractivity contribution in [3.05, 3.63) is 23.4 Å². The van der Waals surface area contributed by atoms with Gasteiger partial charge in [0.25, 0.3) is 0 Å². The maximum Gasteiger partial charge on any atom is 0.230 e. The summed E-state index contributed by atoms with van der Waals surface area (Å²) in [5.41, 5.74) is 0. The molecule has 0 spiro atoms. The molecule has 0 aromatic carbocycles. The number of rotatable bonds is 5. The summed E-state index contributed by atoms with van der Waals surface area (Å²) in [6.07, 6.45) is 6.07. The van der Waals surface area contributed by atoms with Gasteiger partial charge in [0.05, 0.1) is 13.1 Å². The van der Waals surface area contributed by atoms with Crippen LogP contribution in [0.4, 0.5) is 0 Å². The van der Waals surface area contributed by atoms with Gasteiger partial charge in [-0.1, -0.05) is 6.42 Å². The third-order valence-electron chi connectivity index (χ3n) is 4.84. The van der Waals surface area contributed by atoms with E-state index < -0.39 is 0 Å². The average molecular weight is 316 g/mol. The van der Waals surface area contributed by atoms with Gasteiger partial charge < -0.3 is 4.42 Å². The number of hydrogen-bond acceptors (Lipinski definition) is 6. The number of likely N-dealkylation sites (tertiary alicyclic amines) is 1. The Morgan fingerprint density at radius 2 is 2.00 bits per heavy atom. The lowest BCUT2D eigenvalue weighted by Crippen LogP contribution is -2.42. The molecule has 1 saturated heterocycles. The molecule has 2 aromatic rings. The van der Waals surface area contributed by atoms with Crippen LogP contribution in [0.3, 0.4) is 0 Å². The van der Waals surface area contributed by atoms with Crippen LogP contribution < -0.4 is 0 Å². The summed E-state index contributed by atoms with van der Waals surface area (Å²) >= 11 is 0. The van der Waals surface area contributed by atoms with Crippen LogP contribution in [-0.2, 0) is 13.1 Å². The van der Waals surface area contributed by atoms with Crippen molar-refractivity contribution in [1.82, 2.24) is 29.9 Å². The lowest BCUT2D eigenvalue weighted by molar-refractivity contribution is 0.110. The van der Waals surface area contributed by atoms with E-state index in [-0.39, 0.29) is 0 Å². The SMILES string of the molecule is Cc1nc(C)n(C[C@@H]2CCCCN2Cc2nnc(C3CC3)o2)n1. The summed E-state index contributed by atoms with van der Waals surface area (Å²) in [5, 5.41) is 12.9. The van der Waals surface area contributed by atoms with Crippen molar-refractivity contribution < 1.29 is 4.42 Å². The minimum atomic E-state index is 0.458.